The molecule has 7 atom stereocenters. The number of nitrogens with one attached hydrogen (secondary N) is 1. The Labute approximate surface area is 274 Å². The lowest BCUT2D eigenvalue weighted by Crippen LogP contribution is -2.60. The minimum absolute atomic E-state index is 0.114. The normalized spacial score (nSPS) is 27.4. The Bertz CT molecular complexity index is 1480. The van der Waals surface area contributed by atoms with Gasteiger partial charge < -0.3 is 42.6 Å². The number of fused-ring (bicyclic) bond motifs is 1. The van der Waals surface area contributed by atoms with E-state index in [2.05, 4.69) is 10.3 Å². The van der Waals surface area contributed by atoms with Gasteiger partial charge in [0.2, 0.25) is 0 Å². The maximum Gasteiger partial charge on any atom is 0.413 e. The van der Waals surface area contributed by atoms with Gasteiger partial charge >= 0.3 is 29.7 Å². The van der Waals surface area contributed by atoms with Gasteiger partial charge in [0.25, 0.3) is 5.97 Å². The third kappa shape index (κ3) is 10.0. The van der Waals surface area contributed by atoms with Crippen molar-refractivity contribution >= 4 is 29.8 Å². The van der Waals surface area contributed by atoms with Gasteiger partial charge in [0.05, 0.1) is 6.61 Å². The zero-order valence-corrected chi connectivity index (χ0v) is 26.9. The van der Waals surface area contributed by atoms with Crippen molar-refractivity contribution in [1.29, 1.82) is 0 Å². The molecule has 18 nitrogen and oxygen atoms in total. The van der Waals surface area contributed by atoms with Crippen molar-refractivity contribution < 1.29 is 66.5 Å². The molecule has 48 heavy (non-hydrogen) atoms. The van der Waals surface area contributed by atoms with Gasteiger partial charge in [-0.2, -0.15) is 4.98 Å². The summed E-state index contributed by atoms with van der Waals surface area (Å²) in [4.78, 5) is 61.5. The fraction of sp³-hybridized carbons (Fsp3) is 0.533. The Hall–Kier alpha value is -4.46. The number of rotatable bonds is 9. The SMILES string of the molecule is COC1(C)OC2OC(COC(C)=O)C(OC(C)=O)C(OC(C)=O)C2O1.O=C(Nc1ccn([C@@H]2COCO2)c(=O)n1)OCc1ccccc1. The molecule has 3 saturated heterocycles. The van der Waals surface area contributed by atoms with Crippen molar-refractivity contribution in [3.05, 3.63) is 58.6 Å². The molecule has 4 heterocycles. The van der Waals surface area contributed by atoms with Crippen LogP contribution in [0.3, 0.4) is 0 Å². The summed E-state index contributed by atoms with van der Waals surface area (Å²) in [6, 6.07) is 10.8. The maximum absolute atomic E-state index is 11.9. The molecule has 1 aromatic carbocycles. The number of hydrogen-bond donors (Lipinski definition) is 1. The Kier molecular flexibility index (Phi) is 12.6. The molecular weight excluding hydrogens is 642 g/mol. The fourth-order valence-electron chi connectivity index (χ4n) is 4.72. The van der Waals surface area contributed by atoms with E-state index in [-0.39, 0.29) is 32.4 Å². The van der Waals surface area contributed by atoms with Gasteiger partial charge in [-0.3, -0.25) is 29.0 Å². The van der Waals surface area contributed by atoms with Crippen molar-refractivity contribution in [3.63, 3.8) is 0 Å². The lowest BCUT2D eigenvalue weighted by molar-refractivity contribution is -0.334. The molecule has 1 N–H and O–H groups in total. The summed E-state index contributed by atoms with van der Waals surface area (Å²) in [5.41, 5.74) is 0.325. The predicted molar refractivity (Wildman–Crippen MR) is 157 cm³/mol. The molecule has 0 bridgehead atoms. The van der Waals surface area contributed by atoms with E-state index in [1.54, 1.807) is 0 Å². The summed E-state index contributed by atoms with van der Waals surface area (Å²) in [5.74, 6) is -3.08. The molecule has 0 aliphatic carbocycles. The molecular formula is C30H37N3O15. The lowest BCUT2D eigenvalue weighted by Gasteiger charge is -2.40. The number of anilines is 1. The van der Waals surface area contributed by atoms with Crippen LogP contribution in [0.4, 0.5) is 10.6 Å². The first kappa shape index (κ1) is 36.4. The molecule has 2 aromatic rings. The molecule has 18 heteroatoms. The van der Waals surface area contributed by atoms with Gasteiger partial charge in [0.15, 0.2) is 30.8 Å². The van der Waals surface area contributed by atoms with E-state index in [1.807, 2.05) is 30.3 Å². The summed E-state index contributed by atoms with van der Waals surface area (Å²) in [7, 11) is 1.37. The minimum Gasteiger partial charge on any atom is -0.463 e. The van der Waals surface area contributed by atoms with Crippen LogP contribution in [0.25, 0.3) is 0 Å². The van der Waals surface area contributed by atoms with E-state index >= 15 is 0 Å². The first-order valence-corrected chi connectivity index (χ1v) is 14.7. The van der Waals surface area contributed by atoms with E-state index in [1.165, 1.54) is 51.6 Å². The maximum atomic E-state index is 11.9. The summed E-state index contributed by atoms with van der Waals surface area (Å²) < 4.78 is 54.2. The van der Waals surface area contributed by atoms with Crippen molar-refractivity contribution in [2.75, 3.05) is 32.4 Å². The van der Waals surface area contributed by atoms with Crippen LogP contribution in [-0.4, -0.2) is 97.3 Å². The molecule has 3 fully saturated rings. The number of benzene rings is 1. The third-order valence-corrected chi connectivity index (χ3v) is 6.88. The first-order valence-electron chi connectivity index (χ1n) is 14.7. The number of carbonyl (C=O) groups excluding carboxylic acids is 4. The Morgan fingerprint density at radius 1 is 0.979 bits per heavy atom. The van der Waals surface area contributed by atoms with E-state index in [9.17, 15) is 24.0 Å². The highest BCUT2D eigenvalue weighted by molar-refractivity contribution is 5.83. The number of nitrogens with zero attached hydrogens (tertiary/aromatic N) is 2. The van der Waals surface area contributed by atoms with E-state index in [0.717, 1.165) is 5.56 Å². The summed E-state index contributed by atoms with van der Waals surface area (Å²) >= 11 is 0. The largest absolute Gasteiger partial charge is 0.463 e. The number of carbonyl (C=O) groups is 4. The van der Waals surface area contributed by atoms with Crippen LogP contribution >= 0.6 is 0 Å². The number of aromatic nitrogens is 2. The zero-order chi connectivity index (χ0) is 34.8. The average molecular weight is 680 g/mol. The van der Waals surface area contributed by atoms with Crippen molar-refractivity contribution in [3.8, 4) is 0 Å². The molecule has 0 radical (unpaired) electrons. The van der Waals surface area contributed by atoms with Gasteiger partial charge in [0, 0.05) is 41.0 Å². The standard InChI is InChI=1S/C15H15N3O5.C15H22O10/c19-14-16-12(6-7-18(14)13-9-21-10-23-13)17-15(20)22-8-11-4-2-1-3-5-11;1-7(16)20-6-10-11(21-8(2)17)12(22-9(3)18)13-14(23-10)25-15(4,19-5)24-13/h1-7,13H,8-10H2,(H,16,17,19,20);10-14H,6H2,1-5H3/t13-;/m0./s1. The van der Waals surface area contributed by atoms with Crippen molar-refractivity contribution in [1.82, 2.24) is 9.55 Å². The quantitative estimate of drug-likeness (QED) is 0.293. The fourth-order valence-corrected chi connectivity index (χ4v) is 4.72. The topological polar surface area (TPSA) is 207 Å². The number of hydrogen-bond acceptors (Lipinski definition) is 16. The van der Waals surface area contributed by atoms with Crippen LogP contribution in [0.1, 0.15) is 39.5 Å². The van der Waals surface area contributed by atoms with Gasteiger partial charge in [-0.15, -0.1) is 0 Å². The van der Waals surface area contributed by atoms with Crippen LogP contribution in [0.15, 0.2) is 47.4 Å². The molecule has 1 amide bonds. The van der Waals surface area contributed by atoms with Crippen molar-refractivity contribution in [2.45, 2.75) is 77.2 Å². The summed E-state index contributed by atoms with van der Waals surface area (Å²) in [6.45, 7) is 5.50. The second-order valence-electron chi connectivity index (χ2n) is 10.6. The molecule has 3 aliphatic rings. The number of methoxy groups -OCH3 is 1. The smallest absolute Gasteiger partial charge is 0.413 e. The van der Waals surface area contributed by atoms with Crippen LogP contribution in [-0.2, 0) is 68.4 Å². The summed E-state index contributed by atoms with van der Waals surface area (Å²) in [5, 5.41) is 2.41. The lowest BCUT2D eigenvalue weighted by atomic mass is 9.98. The third-order valence-electron chi connectivity index (χ3n) is 6.88. The van der Waals surface area contributed by atoms with Crippen molar-refractivity contribution in [2.24, 2.45) is 0 Å². The van der Waals surface area contributed by atoms with E-state index in [4.69, 9.17) is 47.4 Å². The highest BCUT2D eigenvalue weighted by Crippen LogP contribution is 2.39. The molecule has 262 valence electrons. The predicted octanol–water partition coefficient (Wildman–Crippen LogP) is 1.37. The van der Waals surface area contributed by atoms with E-state index in [0.29, 0.717) is 0 Å². The molecule has 0 saturated carbocycles. The molecule has 6 unspecified atom stereocenters. The van der Waals surface area contributed by atoms with Gasteiger partial charge in [-0.1, -0.05) is 30.3 Å². The Balaban J connectivity index is 0.000000217. The zero-order valence-electron chi connectivity index (χ0n) is 26.9. The monoisotopic (exact) mass is 679 g/mol. The van der Waals surface area contributed by atoms with Gasteiger partial charge in [0.1, 0.15) is 31.9 Å². The van der Waals surface area contributed by atoms with Crippen LogP contribution in [0, 0.1) is 0 Å². The Morgan fingerprint density at radius 3 is 2.29 bits per heavy atom. The number of ether oxygens (including phenoxy) is 10. The van der Waals surface area contributed by atoms with Gasteiger partial charge in [-0.05, 0) is 11.6 Å². The highest BCUT2D eigenvalue weighted by atomic mass is 16.9. The second kappa shape index (κ2) is 16.6. The van der Waals surface area contributed by atoms with Crippen LogP contribution < -0.4 is 11.0 Å². The Morgan fingerprint density at radius 2 is 1.69 bits per heavy atom. The molecule has 0 spiro atoms. The number of esters is 3. The number of amides is 1. The summed E-state index contributed by atoms with van der Waals surface area (Å²) in [6.07, 6.45) is -4.55. The van der Waals surface area contributed by atoms with E-state index < -0.39 is 72.6 Å². The second-order valence-corrected chi connectivity index (χ2v) is 10.6. The molecule has 1 aromatic heterocycles. The highest BCUT2D eigenvalue weighted by Gasteiger charge is 2.59. The molecule has 3 aliphatic heterocycles. The molecule has 5 rings (SSSR count). The van der Waals surface area contributed by atoms with Crippen LogP contribution in [0.5, 0.6) is 0 Å². The average Bonchev–Trinajstić information content (AvgIpc) is 3.69. The van der Waals surface area contributed by atoms with Gasteiger partial charge in [-0.25, -0.2) is 9.59 Å². The van der Waals surface area contributed by atoms with Crippen LogP contribution in [0.2, 0.25) is 0 Å². The first-order chi connectivity index (χ1) is 22.9. The minimum atomic E-state index is -1.43.